The Morgan fingerprint density at radius 3 is 2.86 bits per heavy atom. The molecule has 1 aliphatic carbocycles. The zero-order chi connectivity index (χ0) is 19.6. The molecule has 0 radical (unpaired) electrons. The molecular weight excluding hydrogens is 366 g/mol. The van der Waals surface area contributed by atoms with Crippen LogP contribution in [0.15, 0.2) is 47.0 Å². The van der Waals surface area contributed by atoms with Gasteiger partial charge in [0.2, 0.25) is 5.89 Å². The smallest absolute Gasteiger partial charge is 0.260 e. The fraction of sp³-hybridized carbons (Fsp3) is 0.435. The van der Waals surface area contributed by atoms with E-state index >= 15 is 0 Å². The Balaban J connectivity index is 1.15. The van der Waals surface area contributed by atoms with Crippen LogP contribution < -0.4 is 4.74 Å². The number of hydrogen-bond acceptors (Lipinski definition) is 5. The Morgan fingerprint density at radius 1 is 1.14 bits per heavy atom. The number of piperidine rings is 1. The van der Waals surface area contributed by atoms with E-state index in [-0.39, 0.29) is 12.5 Å². The summed E-state index contributed by atoms with van der Waals surface area (Å²) in [6.45, 7) is 1.58. The second kappa shape index (κ2) is 7.85. The average molecular weight is 391 g/mol. The van der Waals surface area contributed by atoms with Crippen LogP contribution in [-0.4, -0.2) is 40.6 Å². The number of hydrogen-bond donors (Lipinski definition) is 0. The summed E-state index contributed by atoms with van der Waals surface area (Å²) in [7, 11) is 0. The summed E-state index contributed by atoms with van der Waals surface area (Å²) < 4.78 is 11.2. The number of aromatic nitrogens is 2. The predicted octanol–water partition coefficient (Wildman–Crippen LogP) is 3.96. The molecule has 1 aromatic heterocycles. The maximum Gasteiger partial charge on any atom is 0.260 e. The third-order valence-corrected chi connectivity index (χ3v) is 5.84. The standard InChI is InChI=1S/C23H25N3O3/c27-22(15-28-20-10-9-17-5-1-2-6-19(17)13-20)26-11-3-4-16(14-26)12-21-24-23(25-29-21)18-7-8-18/h1-2,5-6,9-10,13,16,18H,3-4,7-8,11-12,14-15H2. The van der Waals surface area contributed by atoms with Crippen molar-refractivity contribution >= 4 is 16.7 Å². The number of nitrogens with zero attached hydrogens (tertiary/aromatic N) is 3. The van der Waals surface area contributed by atoms with Crippen LogP contribution in [0.3, 0.4) is 0 Å². The lowest BCUT2D eigenvalue weighted by Crippen LogP contribution is -2.42. The van der Waals surface area contributed by atoms with Crippen molar-refractivity contribution in [2.24, 2.45) is 5.92 Å². The quantitative estimate of drug-likeness (QED) is 0.636. The van der Waals surface area contributed by atoms with Crippen molar-refractivity contribution in [1.29, 1.82) is 0 Å². The molecule has 1 atom stereocenters. The minimum atomic E-state index is 0.0343. The lowest BCUT2D eigenvalue weighted by molar-refractivity contribution is -0.135. The maximum absolute atomic E-state index is 12.7. The largest absolute Gasteiger partial charge is 0.484 e. The van der Waals surface area contributed by atoms with Gasteiger partial charge in [0.25, 0.3) is 5.91 Å². The number of carbonyl (C=O) groups excluding carboxylic acids is 1. The number of rotatable bonds is 6. The number of carbonyl (C=O) groups is 1. The van der Waals surface area contributed by atoms with Crippen molar-refractivity contribution in [3.05, 3.63) is 54.2 Å². The highest BCUT2D eigenvalue weighted by molar-refractivity contribution is 5.84. The molecule has 2 heterocycles. The summed E-state index contributed by atoms with van der Waals surface area (Å²) in [5.41, 5.74) is 0. The normalized spacial score (nSPS) is 19.4. The molecule has 0 bridgehead atoms. The van der Waals surface area contributed by atoms with Crippen molar-refractivity contribution in [1.82, 2.24) is 15.0 Å². The van der Waals surface area contributed by atoms with E-state index in [1.165, 1.54) is 12.8 Å². The van der Waals surface area contributed by atoms with Gasteiger partial charge in [0.05, 0.1) is 0 Å². The molecule has 3 aromatic rings. The fourth-order valence-corrected chi connectivity index (χ4v) is 4.06. The van der Waals surface area contributed by atoms with Gasteiger partial charge >= 0.3 is 0 Å². The van der Waals surface area contributed by atoms with Crippen molar-refractivity contribution in [2.45, 2.75) is 38.0 Å². The van der Waals surface area contributed by atoms with Crippen LogP contribution >= 0.6 is 0 Å². The van der Waals surface area contributed by atoms with Crippen molar-refractivity contribution in [2.75, 3.05) is 19.7 Å². The van der Waals surface area contributed by atoms with Crippen molar-refractivity contribution in [3.8, 4) is 5.75 Å². The lowest BCUT2D eigenvalue weighted by Gasteiger charge is -2.32. The van der Waals surface area contributed by atoms with Crippen LogP contribution in [-0.2, 0) is 11.2 Å². The average Bonchev–Trinajstić information content (AvgIpc) is 3.51. The van der Waals surface area contributed by atoms with Crippen LogP contribution in [0.4, 0.5) is 0 Å². The summed E-state index contributed by atoms with van der Waals surface area (Å²) in [4.78, 5) is 19.1. The molecule has 6 nitrogen and oxygen atoms in total. The molecule has 0 N–H and O–H groups in total. The molecule has 1 aliphatic heterocycles. The molecule has 2 aromatic carbocycles. The number of fused-ring (bicyclic) bond motifs is 1. The van der Waals surface area contributed by atoms with E-state index in [2.05, 4.69) is 16.2 Å². The highest BCUT2D eigenvalue weighted by Crippen LogP contribution is 2.38. The SMILES string of the molecule is O=C(COc1ccc2ccccc2c1)N1CCCC(Cc2nc(C3CC3)no2)C1. The first-order chi connectivity index (χ1) is 14.2. The van der Waals surface area contributed by atoms with Crippen LogP contribution in [0.2, 0.25) is 0 Å². The molecule has 2 aliphatic rings. The molecule has 0 spiro atoms. The first-order valence-electron chi connectivity index (χ1n) is 10.5. The number of likely N-dealkylation sites (tertiary alicyclic amines) is 1. The predicted molar refractivity (Wildman–Crippen MR) is 109 cm³/mol. The molecule has 1 saturated heterocycles. The number of benzene rings is 2. The van der Waals surface area contributed by atoms with Gasteiger partial charge in [0.1, 0.15) is 5.75 Å². The van der Waals surface area contributed by atoms with E-state index in [9.17, 15) is 4.79 Å². The van der Waals surface area contributed by atoms with Crippen molar-refractivity contribution in [3.63, 3.8) is 0 Å². The monoisotopic (exact) mass is 391 g/mol. The van der Waals surface area contributed by atoms with Gasteiger partial charge < -0.3 is 14.2 Å². The van der Waals surface area contributed by atoms with Gasteiger partial charge in [-0.3, -0.25) is 4.79 Å². The highest BCUT2D eigenvalue weighted by Gasteiger charge is 2.30. The van der Waals surface area contributed by atoms with Gasteiger partial charge in [-0.05, 0) is 54.5 Å². The molecule has 1 amide bonds. The van der Waals surface area contributed by atoms with Crippen LogP contribution in [0.25, 0.3) is 10.8 Å². The highest BCUT2D eigenvalue weighted by atomic mass is 16.5. The van der Waals surface area contributed by atoms with E-state index in [4.69, 9.17) is 9.26 Å². The lowest BCUT2D eigenvalue weighted by atomic mass is 9.95. The Kier molecular flexibility index (Phi) is 4.92. The third kappa shape index (κ3) is 4.26. The zero-order valence-electron chi connectivity index (χ0n) is 16.4. The number of amides is 1. The Hall–Kier alpha value is -2.89. The first kappa shape index (κ1) is 18.2. The second-order valence-corrected chi connectivity index (χ2v) is 8.17. The Morgan fingerprint density at radius 2 is 2.00 bits per heavy atom. The molecule has 2 fully saturated rings. The molecule has 29 heavy (non-hydrogen) atoms. The Bertz CT molecular complexity index is 1010. The molecule has 1 unspecified atom stereocenters. The van der Waals surface area contributed by atoms with Gasteiger partial charge in [0.15, 0.2) is 12.4 Å². The van der Waals surface area contributed by atoms with Crippen LogP contribution in [0.5, 0.6) is 5.75 Å². The Labute approximate surface area is 169 Å². The van der Waals surface area contributed by atoms with Gasteiger partial charge in [-0.1, -0.05) is 35.5 Å². The van der Waals surface area contributed by atoms with Crippen LogP contribution in [0, 0.1) is 5.92 Å². The first-order valence-corrected chi connectivity index (χ1v) is 10.5. The summed E-state index contributed by atoms with van der Waals surface area (Å²) in [6, 6.07) is 14.0. The fourth-order valence-electron chi connectivity index (χ4n) is 4.06. The van der Waals surface area contributed by atoms with Crippen molar-refractivity contribution < 1.29 is 14.1 Å². The summed E-state index contributed by atoms with van der Waals surface area (Å²) in [6.07, 6.45) is 5.16. The minimum absolute atomic E-state index is 0.0343. The zero-order valence-corrected chi connectivity index (χ0v) is 16.4. The van der Waals surface area contributed by atoms with Gasteiger partial charge in [-0.25, -0.2) is 0 Å². The molecular formula is C23H25N3O3. The van der Waals surface area contributed by atoms with E-state index in [0.29, 0.717) is 17.7 Å². The summed E-state index contributed by atoms with van der Waals surface area (Å²) >= 11 is 0. The van der Waals surface area contributed by atoms with E-state index in [1.54, 1.807) is 0 Å². The third-order valence-electron chi connectivity index (χ3n) is 5.84. The van der Waals surface area contributed by atoms with E-state index in [0.717, 1.165) is 54.7 Å². The maximum atomic E-state index is 12.7. The van der Waals surface area contributed by atoms with Gasteiger partial charge in [-0.2, -0.15) is 4.98 Å². The van der Waals surface area contributed by atoms with Gasteiger partial charge in [0, 0.05) is 25.4 Å². The van der Waals surface area contributed by atoms with E-state index < -0.39 is 0 Å². The molecule has 150 valence electrons. The second-order valence-electron chi connectivity index (χ2n) is 8.17. The van der Waals surface area contributed by atoms with Crippen LogP contribution in [0.1, 0.15) is 43.3 Å². The molecule has 6 heteroatoms. The molecule has 1 saturated carbocycles. The summed E-state index contributed by atoms with van der Waals surface area (Å²) in [5.74, 6) is 3.19. The minimum Gasteiger partial charge on any atom is -0.484 e. The van der Waals surface area contributed by atoms with Gasteiger partial charge in [-0.15, -0.1) is 0 Å². The number of ether oxygens (including phenoxy) is 1. The van der Waals surface area contributed by atoms with E-state index in [1.807, 2.05) is 41.3 Å². The topological polar surface area (TPSA) is 68.5 Å². The molecule has 5 rings (SSSR count). The summed E-state index contributed by atoms with van der Waals surface area (Å²) in [5, 5.41) is 6.37.